The van der Waals surface area contributed by atoms with Crippen LogP contribution < -0.4 is 0 Å². The zero-order valence-corrected chi connectivity index (χ0v) is 46.8. The predicted octanol–water partition coefficient (Wildman–Crippen LogP) is 20.6. The Morgan fingerprint density at radius 3 is 0.829 bits per heavy atom. The molecular formula is C64H116O6. The number of esters is 3. The van der Waals surface area contributed by atoms with Crippen LogP contribution >= 0.6 is 0 Å². The minimum atomic E-state index is -0.782. The van der Waals surface area contributed by atoms with Crippen LogP contribution in [0, 0.1) is 0 Å². The summed E-state index contributed by atoms with van der Waals surface area (Å²) in [6, 6.07) is 0. The molecule has 0 fully saturated rings. The van der Waals surface area contributed by atoms with Crippen molar-refractivity contribution in [2.45, 2.75) is 329 Å². The molecule has 0 radical (unpaired) electrons. The van der Waals surface area contributed by atoms with E-state index in [-0.39, 0.29) is 31.1 Å². The second-order valence-electron chi connectivity index (χ2n) is 20.6. The van der Waals surface area contributed by atoms with Crippen molar-refractivity contribution >= 4 is 17.9 Å². The topological polar surface area (TPSA) is 78.9 Å². The first-order valence-electron chi connectivity index (χ1n) is 30.6. The minimum absolute atomic E-state index is 0.0786. The number of carbonyl (C=O) groups is 3. The lowest BCUT2D eigenvalue weighted by Crippen LogP contribution is -2.30. The van der Waals surface area contributed by atoms with Crippen LogP contribution in [0.1, 0.15) is 323 Å². The standard InChI is InChI=1S/C64H116O6/c1-4-7-10-13-16-19-22-25-28-30-32-34-36-39-42-45-48-51-54-57-63(66)69-60-61(59-68-62(65)56-53-50-47-44-41-38-35-27-24-21-18-15-12-9-6-3)70-64(67)58-55-52-49-46-43-40-37-33-31-29-26-23-20-17-14-11-8-5-2/h18,21,25,27-29,31,35,61H,4-17,19-20,22-24,26,30,32-34,36-60H2,1-3H3/b21-18-,28-25-,31-29-,35-27-. The zero-order valence-electron chi connectivity index (χ0n) is 46.8. The molecule has 0 bridgehead atoms. The number of ether oxygens (including phenoxy) is 3. The molecule has 0 aromatic rings. The van der Waals surface area contributed by atoms with Crippen LogP contribution in [0.15, 0.2) is 48.6 Å². The van der Waals surface area contributed by atoms with E-state index in [1.807, 2.05) is 0 Å². The summed E-state index contributed by atoms with van der Waals surface area (Å²) >= 11 is 0. The highest BCUT2D eigenvalue weighted by atomic mass is 16.6. The van der Waals surface area contributed by atoms with Crippen molar-refractivity contribution in [1.29, 1.82) is 0 Å². The number of allylic oxidation sites excluding steroid dienone is 8. The second-order valence-corrected chi connectivity index (χ2v) is 20.6. The Hall–Kier alpha value is -2.63. The highest BCUT2D eigenvalue weighted by molar-refractivity contribution is 5.71. The van der Waals surface area contributed by atoms with E-state index >= 15 is 0 Å². The molecule has 0 saturated heterocycles. The van der Waals surface area contributed by atoms with Gasteiger partial charge in [0.1, 0.15) is 13.2 Å². The number of carbonyl (C=O) groups excluding carboxylic acids is 3. The Bertz CT molecular complexity index is 1220. The molecule has 0 saturated carbocycles. The molecule has 1 atom stereocenters. The minimum Gasteiger partial charge on any atom is -0.462 e. The van der Waals surface area contributed by atoms with Gasteiger partial charge in [0.15, 0.2) is 6.10 Å². The lowest BCUT2D eigenvalue weighted by molar-refractivity contribution is -0.167. The van der Waals surface area contributed by atoms with E-state index in [1.54, 1.807) is 0 Å². The van der Waals surface area contributed by atoms with Crippen LogP contribution in [-0.4, -0.2) is 37.2 Å². The van der Waals surface area contributed by atoms with Crippen molar-refractivity contribution in [3.8, 4) is 0 Å². The molecule has 0 heterocycles. The van der Waals surface area contributed by atoms with E-state index in [9.17, 15) is 14.4 Å². The first-order chi connectivity index (χ1) is 34.5. The molecule has 6 heteroatoms. The SMILES string of the molecule is CCCCC/C=C\C/C=C\CCCCCCCC(=O)OCC(COC(=O)CCCCCCCCCCC/C=C\CCCCCCCC)OC(=O)CCCCCCCCC/C=C\CCCCCCCCC. The van der Waals surface area contributed by atoms with Crippen molar-refractivity contribution in [1.82, 2.24) is 0 Å². The monoisotopic (exact) mass is 981 g/mol. The zero-order chi connectivity index (χ0) is 50.7. The highest BCUT2D eigenvalue weighted by Gasteiger charge is 2.19. The lowest BCUT2D eigenvalue weighted by atomic mass is 10.1. The van der Waals surface area contributed by atoms with Crippen LogP contribution in [0.25, 0.3) is 0 Å². The van der Waals surface area contributed by atoms with Crippen molar-refractivity contribution in [2.75, 3.05) is 13.2 Å². The average molecular weight is 982 g/mol. The Morgan fingerprint density at radius 2 is 0.514 bits per heavy atom. The number of hydrogen-bond donors (Lipinski definition) is 0. The van der Waals surface area contributed by atoms with Gasteiger partial charge in [0, 0.05) is 19.3 Å². The largest absolute Gasteiger partial charge is 0.462 e. The first-order valence-corrected chi connectivity index (χ1v) is 30.6. The first kappa shape index (κ1) is 67.4. The molecule has 0 spiro atoms. The third kappa shape index (κ3) is 56.3. The van der Waals surface area contributed by atoms with Crippen LogP contribution in [0.2, 0.25) is 0 Å². The van der Waals surface area contributed by atoms with Gasteiger partial charge in [0.05, 0.1) is 0 Å². The molecule has 0 amide bonds. The third-order valence-electron chi connectivity index (χ3n) is 13.5. The Labute approximate surface area is 435 Å². The van der Waals surface area contributed by atoms with Gasteiger partial charge in [0.25, 0.3) is 0 Å². The molecule has 0 N–H and O–H groups in total. The Morgan fingerprint density at radius 1 is 0.286 bits per heavy atom. The van der Waals surface area contributed by atoms with Crippen LogP contribution in [0.5, 0.6) is 0 Å². The van der Waals surface area contributed by atoms with Gasteiger partial charge >= 0.3 is 17.9 Å². The Balaban J connectivity index is 4.37. The molecule has 1 unspecified atom stereocenters. The van der Waals surface area contributed by atoms with Gasteiger partial charge in [-0.05, 0) is 103 Å². The van der Waals surface area contributed by atoms with Gasteiger partial charge < -0.3 is 14.2 Å². The number of hydrogen-bond acceptors (Lipinski definition) is 6. The molecule has 0 aliphatic heterocycles. The normalized spacial score (nSPS) is 12.3. The summed E-state index contributed by atoms with van der Waals surface area (Å²) in [5.41, 5.74) is 0. The molecule has 0 aromatic heterocycles. The van der Waals surface area contributed by atoms with Crippen LogP contribution in [0.4, 0.5) is 0 Å². The van der Waals surface area contributed by atoms with Gasteiger partial charge in [-0.3, -0.25) is 14.4 Å². The summed E-state index contributed by atoms with van der Waals surface area (Å²) < 4.78 is 16.9. The van der Waals surface area contributed by atoms with E-state index in [1.165, 1.54) is 205 Å². The summed E-state index contributed by atoms with van der Waals surface area (Å²) in [5, 5.41) is 0. The molecule has 0 aliphatic rings. The van der Waals surface area contributed by atoms with E-state index in [2.05, 4.69) is 69.4 Å². The van der Waals surface area contributed by atoms with Gasteiger partial charge in [0.2, 0.25) is 0 Å². The second kappa shape index (κ2) is 58.9. The van der Waals surface area contributed by atoms with Gasteiger partial charge in [-0.2, -0.15) is 0 Å². The van der Waals surface area contributed by atoms with Crippen molar-refractivity contribution < 1.29 is 28.6 Å². The Kier molecular flexibility index (Phi) is 56.7. The fourth-order valence-corrected chi connectivity index (χ4v) is 8.88. The summed E-state index contributed by atoms with van der Waals surface area (Å²) in [4.78, 5) is 38.2. The van der Waals surface area contributed by atoms with Gasteiger partial charge in [-0.15, -0.1) is 0 Å². The predicted molar refractivity (Wildman–Crippen MR) is 302 cm³/mol. The summed E-state index contributed by atoms with van der Waals surface area (Å²) in [7, 11) is 0. The molecule has 0 rings (SSSR count). The van der Waals surface area contributed by atoms with Crippen LogP contribution in [-0.2, 0) is 28.6 Å². The van der Waals surface area contributed by atoms with Gasteiger partial charge in [-0.25, -0.2) is 0 Å². The smallest absolute Gasteiger partial charge is 0.306 e. The lowest BCUT2D eigenvalue weighted by Gasteiger charge is -2.18. The van der Waals surface area contributed by atoms with Crippen LogP contribution in [0.3, 0.4) is 0 Å². The fraction of sp³-hybridized carbons (Fsp3) is 0.828. The maximum atomic E-state index is 12.9. The summed E-state index contributed by atoms with van der Waals surface area (Å²) in [6.07, 6.45) is 72.4. The summed E-state index contributed by atoms with van der Waals surface area (Å²) in [6.45, 7) is 6.63. The average Bonchev–Trinajstić information content (AvgIpc) is 3.36. The number of rotatable bonds is 56. The maximum Gasteiger partial charge on any atom is 0.306 e. The fourth-order valence-electron chi connectivity index (χ4n) is 8.88. The van der Waals surface area contributed by atoms with E-state index < -0.39 is 6.10 Å². The van der Waals surface area contributed by atoms with Crippen molar-refractivity contribution in [3.63, 3.8) is 0 Å². The van der Waals surface area contributed by atoms with E-state index in [0.29, 0.717) is 19.3 Å². The third-order valence-corrected chi connectivity index (χ3v) is 13.5. The molecular weight excluding hydrogens is 865 g/mol. The maximum absolute atomic E-state index is 12.9. The van der Waals surface area contributed by atoms with Gasteiger partial charge in [-0.1, -0.05) is 249 Å². The quantitative estimate of drug-likeness (QED) is 0.0261. The van der Waals surface area contributed by atoms with E-state index in [0.717, 1.165) is 77.0 Å². The summed E-state index contributed by atoms with van der Waals surface area (Å²) in [5.74, 6) is -0.883. The molecule has 6 nitrogen and oxygen atoms in total. The molecule has 70 heavy (non-hydrogen) atoms. The van der Waals surface area contributed by atoms with Crippen molar-refractivity contribution in [2.24, 2.45) is 0 Å². The highest BCUT2D eigenvalue weighted by Crippen LogP contribution is 2.16. The van der Waals surface area contributed by atoms with E-state index in [4.69, 9.17) is 14.2 Å². The molecule has 0 aromatic carbocycles. The number of unbranched alkanes of at least 4 members (excludes halogenated alkanes) is 37. The van der Waals surface area contributed by atoms with Crippen molar-refractivity contribution in [3.05, 3.63) is 48.6 Å². The molecule has 408 valence electrons. The molecule has 0 aliphatic carbocycles.